The highest BCUT2D eigenvalue weighted by molar-refractivity contribution is 7.89. The molecular weight excluding hydrogens is 392 g/mol. The Morgan fingerprint density at radius 2 is 1.79 bits per heavy atom. The van der Waals surface area contributed by atoms with Gasteiger partial charge in [0.2, 0.25) is 21.8 Å². The van der Waals surface area contributed by atoms with Gasteiger partial charge in [0.15, 0.2) is 0 Å². The van der Waals surface area contributed by atoms with Gasteiger partial charge in [-0.2, -0.15) is 4.31 Å². The summed E-state index contributed by atoms with van der Waals surface area (Å²) in [5.74, 6) is 0.361. The van der Waals surface area contributed by atoms with Gasteiger partial charge in [-0.05, 0) is 44.7 Å². The smallest absolute Gasteiger partial charge is 0.322 e. The average Bonchev–Trinajstić information content (AvgIpc) is 3.39. The fraction of sp³-hybridized carbons (Fsp3) is 0.550. The molecule has 1 N–H and O–H groups in total. The van der Waals surface area contributed by atoms with Gasteiger partial charge in [0.05, 0.1) is 4.90 Å². The van der Waals surface area contributed by atoms with E-state index in [9.17, 15) is 13.2 Å². The molecular formula is C20H26N4O4S. The first-order valence-corrected chi connectivity index (χ1v) is 11.6. The molecule has 1 aromatic carbocycles. The lowest BCUT2D eigenvalue weighted by atomic mass is 9.89. The summed E-state index contributed by atoms with van der Waals surface area (Å²) in [7, 11) is -3.75. The van der Waals surface area contributed by atoms with Crippen LogP contribution in [0.5, 0.6) is 0 Å². The van der Waals surface area contributed by atoms with Crippen molar-refractivity contribution in [3.63, 3.8) is 0 Å². The van der Waals surface area contributed by atoms with Crippen LogP contribution in [0.2, 0.25) is 0 Å². The number of nitrogens with one attached hydrogen (secondary N) is 1. The number of sulfonamides is 1. The Hall–Kier alpha value is -2.26. The number of nitrogens with zero attached hydrogens (tertiary/aromatic N) is 3. The number of aromatic nitrogens is 2. The summed E-state index contributed by atoms with van der Waals surface area (Å²) < 4.78 is 33.0. The predicted octanol–water partition coefficient (Wildman–Crippen LogP) is 3.22. The lowest BCUT2D eigenvalue weighted by Crippen LogP contribution is -2.43. The molecule has 0 radical (unpaired) electrons. The molecule has 1 saturated heterocycles. The van der Waals surface area contributed by atoms with Crippen LogP contribution in [0.1, 0.15) is 62.3 Å². The van der Waals surface area contributed by atoms with Crippen molar-refractivity contribution in [2.24, 2.45) is 0 Å². The Morgan fingerprint density at radius 1 is 1.07 bits per heavy atom. The molecule has 2 heterocycles. The van der Waals surface area contributed by atoms with Gasteiger partial charge in [0.1, 0.15) is 6.04 Å². The predicted molar refractivity (Wildman–Crippen MR) is 107 cm³/mol. The Kier molecular flexibility index (Phi) is 5.69. The van der Waals surface area contributed by atoms with E-state index in [1.165, 1.54) is 10.7 Å². The maximum atomic E-state index is 13.0. The quantitative estimate of drug-likeness (QED) is 0.799. The zero-order valence-corrected chi connectivity index (χ0v) is 17.3. The second-order valence-electron chi connectivity index (χ2n) is 7.86. The van der Waals surface area contributed by atoms with Crippen LogP contribution >= 0.6 is 0 Å². The van der Waals surface area contributed by atoms with Crippen molar-refractivity contribution in [3.8, 4) is 0 Å². The average molecular weight is 419 g/mol. The van der Waals surface area contributed by atoms with Crippen molar-refractivity contribution >= 4 is 21.9 Å². The van der Waals surface area contributed by atoms with Crippen LogP contribution in [-0.4, -0.2) is 41.4 Å². The van der Waals surface area contributed by atoms with Crippen molar-refractivity contribution in [2.45, 2.75) is 68.7 Å². The third kappa shape index (κ3) is 4.20. The Morgan fingerprint density at radius 3 is 2.52 bits per heavy atom. The third-order valence-electron chi connectivity index (χ3n) is 5.76. The summed E-state index contributed by atoms with van der Waals surface area (Å²) in [5.41, 5.74) is 0.977. The summed E-state index contributed by atoms with van der Waals surface area (Å²) in [6.07, 6.45) is 6.62. The fourth-order valence-corrected chi connectivity index (χ4v) is 5.78. The van der Waals surface area contributed by atoms with Crippen LogP contribution in [0.25, 0.3) is 0 Å². The topological polar surface area (TPSA) is 105 Å². The van der Waals surface area contributed by atoms with Gasteiger partial charge in [-0.3, -0.25) is 10.1 Å². The van der Waals surface area contributed by atoms with Gasteiger partial charge < -0.3 is 4.42 Å². The van der Waals surface area contributed by atoms with Crippen LogP contribution in [0.3, 0.4) is 0 Å². The highest BCUT2D eigenvalue weighted by Gasteiger charge is 2.40. The Labute approximate surface area is 170 Å². The highest BCUT2D eigenvalue weighted by Crippen LogP contribution is 2.32. The summed E-state index contributed by atoms with van der Waals surface area (Å²) in [6.45, 7) is 2.21. The lowest BCUT2D eigenvalue weighted by Gasteiger charge is -2.22. The number of carbonyl (C=O) groups excluding carboxylic acids is 1. The summed E-state index contributed by atoms with van der Waals surface area (Å²) in [4.78, 5) is 13.0. The van der Waals surface area contributed by atoms with Crippen LogP contribution in [0, 0.1) is 6.92 Å². The monoisotopic (exact) mass is 418 g/mol. The van der Waals surface area contributed by atoms with Gasteiger partial charge in [-0.15, -0.1) is 5.10 Å². The van der Waals surface area contributed by atoms with Crippen LogP contribution < -0.4 is 5.32 Å². The van der Waals surface area contributed by atoms with Gasteiger partial charge in [0, 0.05) is 12.5 Å². The lowest BCUT2D eigenvalue weighted by molar-refractivity contribution is -0.119. The first-order chi connectivity index (χ1) is 13.9. The second kappa shape index (κ2) is 8.23. The van der Waals surface area contributed by atoms with Crippen molar-refractivity contribution in [1.29, 1.82) is 0 Å². The van der Waals surface area contributed by atoms with Gasteiger partial charge >= 0.3 is 6.01 Å². The molecule has 0 unspecified atom stereocenters. The molecule has 9 heteroatoms. The van der Waals surface area contributed by atoms with E-state index in [1.54, 1.807) is 24.3 Å². The fourth-order valence-electron chi connectivity index (χ4n) is 4.12. The van der Waals surface area contributed by atoms with Crippen molar-refractivity contribution in [3.05, 3.63) is 35.7 Å². The van der Waals surface area contributed by atoms with Crippen molar-refractivity contribution < 1.29 is 17.6 Å². The van der Waals surface area contributed by atoms with Gasteiger partial charge in [0.25, 0.3) is 0 Å². The number of rotatable bonds is 5. The molecule has 4 rings (SSSR count). The number of aryl methyl sites for hydroxylation is 1. The molecule has 1 saturated carbocycles. The zero-order chi connectivity index (χ0) is 20.4. The van der Waals surface area contributed by atoms with Crippen molar-refractivity contribution in [1.82, 2.24) is 14.5 Å². The van der Waals surface area contributed by atoms with Crippen LogP contribution in [0.15, 0.2) is 33.6 Å². The minimum absolute atomic E-state index is 0.0372. The van der Waals surface area contributed by atoms with Gasteiger partial charge in [-0.1, -0.05) is 42.1 Å². The molecule has 156 valence electrons. The molecule has 1 amide bonds. The molecule has 1 aliphatic heterocycles. The number of benzene rings is 1. The summed E-state index contributed by atoms with van der Waals surface area (Å²) in [5, 5.41) is 10.6. The number of hydrogen-bond donors (Lipinski definition) is 1. The number of hydrogen-bond acceptors (Lipinski definition) is 6. The van der Waals surface area contributed by atoms with Gasteiger partial charge in [-0.25, -0.2) is 8.42 Å². The standard InChI is InChI=1S/C20H26N4O4S/c1-14-9-11-16(12-10-14)29(26,27)24-13-5-8-17(24)18(25)21-20-23-22-19(28-20)15-6-3-2-4-7-15/h9-12,15,17H,2-8,13H2,1H3,(H,21,23,25)/t17-/m1/s1. The highest BCUT2D eigenvalue weighted by atomic mass is 32.2. The maximum absolute atomic E-state index is 13.0. The van der Waals surface area contributed by atoms with Crippen LogP contribution in [-0.2, 0) is 14.8 Å². The maximum Gasteiger partial charge on any atom is 0.322 e. The third-order valence-corrected chi connectivity index (χ3v) is 7.68. The molecule has 0 bridgehead atoms. The first-order valence-electron chi connectivity index (χ1n) is 10.2. The molecule has 1 aromatic heterocycles. The molecule has 2 fully saturated rings. The Bertz CT molecular complexity index is 965. The Balaban J connectivity index is 1.46. The molecule has 8 nitrogen and oxygen atoms in total. The summed E-state index contributed by atoms with van der Waals surface area (Å²) in [6, 6.07) is 5.91. The van der Waals surface area contributed by atoms with E-state index in [0.29, 0.717) is 25.3 Å². The van der Waals surface area contributed by atoms with E-state index in [1.807, 2.05) is 6.92 Å². The second-order valence-corrected chi connectivity index (χ2v) is 9.75. The first kappa shape index (κ1) is 20.0. The number of carbonyl (C=O) groups is 1. The summed E-state index contributed by atoms with van der Waals surface area (Å²) >= 11 is 0. The largest absolute Gasteiger partial charge is 0.408 e. The van der Waals surface area contributed by atoms with E-state index in [2.05, 4.69) is 15.5 Å². The van der Waals surface area contributed by atoms with Crippen LogP contribution in [0.4, 0.5) is 6.01 Å². The molecule has 1 atom stereocenters. The molecule has 2 aromatic rings. The van der Waals surface area contributed by atoms with E-state index in [-0.39, 0.29) is 16.8 Å². The number of amides is 1. The van der Waals surface area contributed by atoms with E-state index in [4.69, 9.17) is 4.42 Å². The minimum Gasteiger partial charge on any atom is -0.408 e. The molecule has 1 aliphatic carbocycles. The zero-order valence-electron chi connectivity index (χ0n) is 16.5. The molecule has 2 aliphatic rings. The van der Waals surface area contributed by atoms with E-state index < -0.39 is 22.0 Å². The van der Waals surface area contributed by atoms with E-state index in [0.717, 1.165) is 31.2 Å². The minimum atomic E-state index is -3.75. The normalized spacial score (nSPS) is 21.3. The van der Waals surface area contributed by atoms with E-state index >= 15 is 0 Å². The van der Waals surface area contributed by atoms with Crippen molar-refractivity contribution in [2.75, 3.05) is 11.9 Å². The number of anilines is 1. The molecule has 0 spiro atoms. The molecule has 29 heavy (non-hydrogen) atoms. The SMILES string of the molecule is Cc1ccc(S(=O)(=O)N2CCC[C@@H]2C(=O)Nc2nnc(C3CCCCC3)o2)cc1.